The molecule has 0 spiro atoms. The summed E-state index contributed by atoms with van der Waals surface area (Å²) in [6, 6.07) is 1.25. The van der Waals surface area contributed by atoms with Crippen molar-refractivity contribution >= 4 is 0 Å². The Bertz CT molecular complexity index is 107. The molecule has 0 aliphatic rings. The van der Waals surface area contributed by atoms with Crippen molar-refractivity contribution in [3.8, 4) is 0 Å². The molecule has 0 aromatic rings. The highest BCUT2D eigenvalue weighted by atomic mass is 15.1. The van der Waals surface area contributed by atoms with Crippen LogP contribution in [0.2, 0.25) is 0 Å². The molecule has 1 N–H and O–H groups in total. The number of nitrogens with one attached hydrogen (secondary N) is 1. The zero-order chi connectivity index (χ0) is 9.56. The maximum absolute atomic E-state index is 3.55. The lowest BCUT2D eigenvalue weighted by Gasteiger charge is -2.24. The summed E-state index contributed by atoms with van der Waals surface area (Å²) < 4.78 is 0. The van der Waals surface area contributed by atoms with Gasteiger partial charge in [0.1, 0.15) is 0 Å². The summed E-state index contributed by atoms with van der Waals surface area (Å²) in [5.74, 6) is 0. The Kier molecular flexibility index (Phi) is 6.39. The van der Waals surface area contributed by atoms with Crippen molar-refractivity contribution in [1.82, 2.24) is 10.2 Å². The summed E-state index contributed by atoms with van der Waals surface area (Å²) in [6.07, 6.45) is 1.21. The topological polar surface area (TPSA) is 15.3 Å². The van der Waals surface area contributed by atoms with Gasteiger partial charge in [0.15, 0.2) is 0 Å². The Balaban J connectivity index is 0. The van der Waals surface area contributed by atoms with Crippen LogP contribution >= 0.6 is 0 Å². The molecule has 0 radical (unpaired) electrons. The summed E-state index contributed by atoms with van der Waals surface area (Å²) in [5.41, 5.74) is 0. The van der Waals surface area contributed by atoms with Crippen LogP contribution in [0, 0.1) is 0 Å². The fraction of sp³-hybridized carbons (Fsp3) is 1.00. The van der Waals surface area contributed by atoms with Gasteiger partial charge in [-0.1, -0.05) is 27.7 Å². The van der Waals surface area contributed by atoms with Gasteiger partial charge >= 0.3 is 0 Å². The third-order valence-electron chi connectivity index (χ3n) is 2.13. The van der Waals surface area contributed by atoms with Gasteiger partial charge in [0.25, 0.3) is 0 Å². The number of nitrogens with zero attached hydrogens (tertiary/aromatic N) is 1. The average Bonchev–Trinajstić information content (AvgIpc) is 2.02. The molecular weight excluding hydrogens is 148 g/mol. The largest absolute Gasteiger partial charge is 0.311 e. The van der Waals surface area contributed by atoms with Crippen LogP contribution in [0.15, 0.2) is 0 Å². The molecule has 0 amide bonds. The second-order valence-corrected chi connectivity index (χ2v) is 3.78. The Hall–Kier alpha value is -0.0800. The third-order valence-corrected chi connectivity index (χ3v) is 2.13. The predicted octanol–water partition coefficient (Wildman–Crippen LogP) is 1.96. The SMILES string of the molecule is CCC(CN(C)CC)NC(C)C.[HH]. The second-order valence-electron chi connectivity index (χ2n) is 3.78. The van der Waals surface area contributed by atoms with Gasteiger partial charge in [-0.25, -0.2) is 0 Å². The zero-order valence-corrected chi connectivity index (χ0v) is 9.22. The highest BCUT2D eigenvalue weighted by Crippen LogP contribution is 1.96. The number of hydrogen-bond acceptors (Lipinski definition) is 2. The van der Waals surface area contributed by atoms with Crippen molar-refractivity contribution in [1.29, 1.82) is 0 Å². The molecule has 2 heteroatoms. The molecule has 0 saturated heterocycles. The van der Waals surface area contributed by atoms with E-state index in [0.717, 1.165) is 13.1 Å². The number of rotatable bonds is 6. The summed E-state index contributed by atoms with van der Waals surface area (Å²) in [7, 11) is 2.17. The number of likely N-dealkylation sites (N-methyl/N-ethyl adjacent to an activating group) is 1. The van der Waals surface area contributed by atoms with Crippen LogP contribution in [0.3, 0.4) is 0 Å². The number of hydrogen-bond donors (Lipinski definition) is 1. The van der Waals surface area contributed by atoms with E-state index in [-0.39, 0.29) is 1.43 Å². The first-order chi connectivity index (χ1) is 5.60. The van der Waals surface area contributed by atoms with Gasteiger partial charge in [-0.2, -0.15) is 0 Å². The highest BCUT2D eigenvalue weighted by molar-refractivity contribution is 4.70. The predicted molar refractivity (Wildman–Crippen MR) is 57.6 cm³/mol. The van der Waals surface area contributed by atoms with Crippen LogP contribution in [-0.4, -0.2) is 37.1 Å². The molecule has 0 saturated carbocycles. The Morgan fingerprint density at radius 1 is 1.33 bits per heavy atom. The first kappa shape index (κ1) is 11.9. The third kappa shape index (κ3) is 5.56. The van der Waals surface area contributed by atoms with E-state index in [4.69, 9.17) is 0 Å². The maximum atomic E-state index is 3.55. The van der Waals surface area contributed by atoms with Gasteiger partial charge < -0.3 is 10.2 Å². The molecule has 12 heavy (non-hydrogen) atoms. The quantitative estimate of drug-likeness (QED) is 0.662. The summed E-state index contributed by atoms with van der Waals surface area (Å²) in [6.45, 7) is 11.1. The van der Waals surface area contributed by atoms with Gasteiger partial charge in [0, 0.05) is 20.1 Å². The van der Waals surface area contributed by atoms with Gasteiger partial charge in [-0.15, -0.1) is 0 Å². The molecule has 76 valence electrons. The average molecular weight is 174 g/mol. The molecule has 0 bridgehead atoms. The monoisotopic (exact) mass is 174 g/mol. The van der Waals surface area contributed by atoms with Gasteiger partial charge in [0.05, 0.1) is 0 Å². The van der Waals surface area contributed by atoms with E-state index in [9.17, 15) is 0 Å². The van der Waals surface area contributed by atoms with E-state index in [0.29, 0.717) is 12.1 Å². The summed E-state index contributed by atoms with van der Waals surface area (Å²) >= 11 is 0. The molecule has 0 aromatic carbocycles. The molecule has 1 unspecified atom stereocenters. The molecule has 2 nitrogen and oxygen atoms in total. The molecule has 0 rings (SSSR count). The molecule has 0 aliphatic heterocycles. The van der Waals surface area contributed by atoms with Crippen molar-refractivity contribution in [2.45, 2.75) is 46.2 Å². The minimum absolute atomic E-state index is 0. The van der Waals surface area contributed by atoms with Crippen molar-refractivity contribution < 1.29 is 1.43 Å². The van der Waals surface area contributed by atoms with Crippen molar-refractivity contribution in [3.63, 3.8) is 0 Å². The fourth-order valence-corrected chi connectivity index (χ4v) is 1.28. The molecular formula is C10H26N2. The van der Waals surface area contributed by atoms with Crippen LogP contribution in [-0.2, 0) is 0 Å². The Morgan fingerprint density at radius 2 is 1.92 bits per heavy atom. The Labute approximate surface area is 78.8 Å². The molecule has 0 heterocycles. The molecule has 1 atom stereocenters. The maximum Gasteiger partial charge on any atom is 0.0194 e. The first-order valence-electron chi connectivity index (χ1n) is 5.04. The molecule has 0 fully saturated rings. The Morgan fingerprint density at radius 3 is 2.25 bits per heavy atom. The van der Waals surface area contributed by atoms with Gasteiger partial charge in [-0.3, -0.25) is 0 Å². The fourth-order valence-electron chi connectivity index (χ4n) is 1.28. The van der Waals surface area contributed by atoms with E-state index >= 15 is 0 Å². The van der Waals surface area contributed by atoms with Crippen molar-refractivity contribution in [3.05, 3.63) is 0 Å². The van der Waals surface area contributed by atoms with Gasteiger partial charge in [-0.05, 0) is 20.0 Å². The minimum atomic E-state index is 0. The van der Waals surface area contributed by atoms with E-state index < -0.39 is 0 Å². The van der Waals surface area contributed by atoms with E-state index in [1.165, 1.54) is 6.42 Å². The van der Waals surface area contributed by atoms with E-state index in [1.807, 2.05) is 0 Å². The lowest BCUT2D eigenvalue weighted by Crippen LogP contribution is -2.42. The first-order valence-corrected chi connectivity index (χ1v) is 5.04. The lowest BCUT2D eigenvalue weighted by atomic mass is 10.2. The van der Waals surface area contributed by atoms with Crippen molar-refractivity contribution in [2.75, 3.05) is 20.1 Å². The van der Waals surface area contributed by atoms with Crippen LogP contribution in [0.4, 0.5) is 0 Å². The van der Waals surface area contributed by atoms with Crippen LogP contribution < -0.4 is 5.32 Å². The highest BCUT2D eigenvalue weighted by Gasteiger charge is 2.08. The summed E-state index contributed by atoms with van der Waals surface area (Å²) in [4.78, 5) is 2.35. The van der Waals surface area contributed by atoms with Gasteiger partial charge in [0.2, 0.25) is 0 Å². The van der Waals surface area contributed by atoms with E-state index in [2.05, 4.69) is 45.0 Å². The second kappa shape index (κ2) is 6.44. The lowest BCUT2D eigenvalue weighted by molar-refractivity contribution is 0.287. The molecule has 0 aliphatic carbocycles. The summed E-state index contributed by atoms with van der Waals surface area (Å²) in [5, 5.41) is 3.55. The smallest absolute Gasteiger partial charge is 0.0194 e. The van der Waals surface area contributed by atoms with E-state index in [1.54, 1.807) is 0 Å². The molecule has 0 aromatic heterocycles. The van der Waals surface area contributed by atoms with Crippen LogP contribution in [0.25, 0.3) is 0 Å². The minimum Gasteiger partial charge on any atom is -0.311 e. The van der Waals surface area contributed by atoms with Crippen molar-refractivity contribution in [2.24, 2.45) is 0 Å². The standard InChI is InChI=1S/C10H24N2.H2/c1-6-10(11-9(3)4)8-12(5)7-2;/h9-11H,6-8H2,1-5H3;1H. The van der Waals surface area contributed by atoms with Crippen LogP contribution in [0.1, 0.15) is 35.5 Å². The zero-order valence-electron chi connectivity index (χ0n) is 9.22. The van der Waals surface area contributed by atoms with Crippen LogP contribution in [0.5, 0.6) is 0 Å². The normalized spacial score (nSPS) is 14.2.